The van der Waals surface area contributed by atoms with Crippen molar-refractivity contribution in [2.75, 3.05) is 13.1 Å². The molecule has 0 radical (unpaired) electrons. The van der Waals surface area contributed by atoms with Crippen LogP contribution < -0.4 is 0 Å². The van der Waals surface area contributed by atoms with Gasteiger partial charge in [0, 0.05) is 30.2 Å². The van der Waals surface area contributed by atoms with Gasteiger partial charge in [0.2, 0.25) is 11.1 Å². The average Bonchev–Trinajstić information content (AvgIpc) is 3.53. The minimum atomic E-state index is -0.466. The fourth-order valence-corrected chi connectivity index (χ4v) is 5.54. The molecule has 1 N–H and O–H groups in total. The van der Waals surface area contributed by atoms with Crippen LogP contribution in [0.25, 0.3) is 11.8 Å². The van der Waals surface area contributed by atoms with Crippen molar-refractivity contribution in [3.8, 4) is 5.69 Å². The van der Waals surface area contributed by atoms with Gasteiger partial charge in [-0.15, -0.1) is 0 Å². The highest BCUT2D eigenvalue weighted by molar-refractivity contribution is 8.27. The largest absolute Gasteiger partial charge is 0.342 e. The summed E-state index contributed by atoms with van der Waals surface area (Å²) in [5.74, 6) is -0.458. The van der Waals surface area contributed by atoms with Crippen LogP contribution in [0.15, 0.2) is 39.9 Å². The number of hydrogen-bond acceptors (Lipinski definition) is 5. The van der Waals surface area contributed by atoms with Gasteiger partial charge in [0.05, 0.1) is 12.0 Å². The summed E-state index contributed by atoms with van der Waals surface area (Å²) in [5.41, 5.74) is 6.56. The Labute approximate surface area is 208 Å². The number of amidine groups is 2. The van der Waals surface area contributed by atoms with Crippen molar-refractivity contribution in [1.82, 2.24) is 14.5 Å². The lowest BCUT2D eigenvalue weighted by atomic mass is 10.1. The van der Waals surface area contributed by atoms with Crippen LogP contribution in [0.3, 0.4) is 0 Å². The Kier molecular flexibility index (Phi) is 5.96. The summed E-state index contributed by atoms with van der Waals surface area (Å²) in [6.07, 6.45) is 3.94. The van der Waals surface area contributed by atoms with Crippen LogP contribution in [0.4, 0.5) is 0 Å². The molecular weight excluding hydrogens is 460 g/mol. The summed E-state index contributed by atoms with van der Waals surface area (Å²) in [6.45, 7) is 9.78. The van der Waals surface area contributed by atoms with Crippen LogP contribution in [-0.2, 0) is 9.59 Å². The molecule has 3 aliphatic heterocycles. The lowest BCUT2D eigenvalue weighted by Gasteiger charge is -2.20. The molecule has 8 nitrogen and oxygen atoms in total. The van der Waals surface area contributed by atoms with Gasteiger partial charge in [-0.2, -0.15) is 15.1 Å². The monoisotopic (exact) mass is 488 g/mol. The maximum atomic E-state index is 12.9. The molecule has 180 valence electrons. The first-order chi connectivity index (χ1) is 16.7. The average molecular weight is 489 g/mol. The number of amides is 2. The van der Waals surface area contributed by atoms with Crippen molar-refractivity contribution in [2.24, 2.45) is 10.1 Å². The van der Waals surface area contributed by atoms with Gasteiger partial charge >= 0.3 is 0 Å². The lowest BCUT2D eigenvalue weighted by Crippen LogP contribution is -2.35. The predicted molar refractivity (Wildman–Crippen MR) is 140 cm³/mol. The number of aromatic nitrogens is 1. The summed E-state index contributed by atoms with van der Waals surface area (Å²) in [6, 6.07) is 8.36. The van der Waals surface area contributed by atoms with Crippen LogP contribution in [-0.4, -0.2) is 55.4 Å². The van der Waals surface area contributed by atoms with Crippen molar-refractivity contribution in [2.45, 2.75) is 47.0 Å². The fourth-order valence-electron chi connectivity index (χ4n) is 4.66. The number of carbonyl (C=O) groups excluding carboxylic acids is 2. The van der Waals surface area contributed by atoms with E-state index in [9.17, 15) is 9.59 Å². The van der Waals surface area contributed by atoms with Gasteiger partial charge in [-0.1, -0.05) is 6.07 Å². The number of hydrogen-bond donors (Lipinski definition) is 1. The number of aryl methyl sites for hydroxylation is 3. The van der Waals surface area contributed by atoms with Crippen LogP contribution in [0.1, 0.15) is 47.3 Å². The van der Waals surface area contributed by atoms with Gasteiger partial charge in [0.25, 0.3) is 5.91 Å². The van der Waals surface area contributed by atoms with E-state index >= 15 is 0 Å². The van der Waals surface area contributed by atoms with Crippen molar-refractivity contribution in [3.63, 3.8) is 0 Å². The third-order valence-corrected chi connectivity index (χ3v) is 7.68. The van der Waals surface area contributed by atoms with E-state index in [1.54, 1.807) is 6.08 Å². The molecule has 35 heavy (non-hydrogen) atoms. The van der Waals surface area contributed by atoms with E-state index in [1.165, 1.54) is 27.9 Å². The number of benzene rings is 1. The molecule has 0 atom stereocenters. The van der Waals surface area contributed by atoms with Gasteiger partial charge in [0.1, 0.15) is 5.04 Å². The molecule has 3 aliphatic rings. The van der Waals surface area contributed by atoms with Crippen LogP contribution >= 0.6 is 11.8 Å². The van der Waals surface area contributed by atoms with Crippen molar-refractivity contribution in [1.29, 1.82) is 5.41 Å². The lowest BCUT2D eigenvalue weighted by molar-refractivity contribution is -0.128. The van der Waals surface area contributed by atoms with E-state index in [0.717, 1.165) is 48.6 Å². The highest BCUT2D eigenvalue weighted by Gasteiger charge is 2.36. The topological polar surface area (TPSA) is 94.1 Å². The first-order valence-electron chi connectivity index (χ1n) is 11.8. The Bertz CT molecular complexity index is 1360. The number of rotatable bonds is 4. The molecule has 4 heterocycles. The van der Waals surface area contributed by atoms with Gasteiger partial charge in [0.15, 0.2) is 5.84 Å². The first kappa shape index (κ1) is 23.3. The summed E-state index contributed by atoms with van der Waals surface area (Å²) in [5, 5.41) is 15.4. The molecule has 1 aromatic carbocycles. The van der Waals surface area contributed by atoms with E-state index in [0.29, 0.717) is 10.2 Å². The number of likely N-dealkylation sites (tertiary alicyclic amines) is 1. The van der Waals surface area contributed by atoms with Gasteiger partial charge in [-0.3, -0.25) is 15.0 Å². The molecule has 1 aromatic heterocycles. The highest BCUT2D eigenvalue weighted by Crippen LogP contribution is 2.31. The van der Waals surface area contributed by atoms with Crippen molar-refractivity contribution in [3.05, 3.63) is 57.9 Å². The third-order valence-electron chi connectivity index (χ3n) is 6.78. The van der Waals surface area contributed by atoms with Crippen LogP contribution in [0, 0.1) is 33.1 Å². The van der Waals surface area contributed by atoms with Gasteiger partial charge in [-0.05, 0) is 93.3 Å². The quantitative estimate of drug-likeness (QED) is 0.648. The van der Waals surface area contributed by atoms with E-state index in [4.69, 9.17) is 5.41 Å². The number of aliphatic imine (C=N–C) groups is 1. The maximum Gasteiger partial charge on any atom is 0.283 e. The number of fused-ring (bicyclic) bond motifs is 1. The zero-order chi connectivity index (χ0) is 24.9. The Morgan fingerprint density at radius 1 is 1.11 bits per heavy atom. The number of hydrazone groups is 1. The zero-order valence-corrected chi connectivity index (χ0v) is 21.2. The Balaban J connectivity index is 1.42. The van der Waals surface area contributed by atoms with Crippen molar-refractivity contribution >= 4 is 45.7 Å². The van der Waals surface area contributed by atoms with Gasteiger partial charge in [-0.25, -0.2) is 0 Å². The molecule has 0 unspecified atom stereocenters. The molecular formula is C26H28N6O2S. The Hall–Kier alpha value is -3.46. The molecule has 5 rings (SSSR count). The summed E-state index contributed by atoms with van der Waals surface area (Å²) in [4.78, 5) is 31.4. The zero-order valence-electron chi connectivity index (χ0n) is 20.4. The molecule has 1 saturated heterocycles. The third kappa shape index (κ3) is 4.25. The Morgan fingerprint density at radius 2 is 1.86 bits per heavy atom. The van der Waals surface area contributed by atoms with E-state index in [-0.39, 0.29) is 23.7 Å². The molecule has 0 bridgehead atoms. The molecule has 0 spiro atoms. The van der Waals surface area contributed by atoms with Crippen LogP contribution in [0.2, 0.25) is 0 Å². The second-order valence-electron chi connectivity index (χ2n) is 9.21. The second kappa shape index (κ2) is 8.96. The van der Waals surface area contributed by atoms with Crippen molar-refractivity contribution < 1.29 is 9.59 Å². The molecule has 2 aromatic rings. The molecule has 1 fully saturated rings. The number of nitrogens with one attached hydrogen (secondary N) is 1. The van der Waals surface area contributed by atoms with E-state index in [1.807, 2.05) is 24.8 Å². The SMILES string of the molecule is Cc1ccc(-n2c(C)cc(C=C3C(=N)N4N=C(CC(=O)N5CCCC5)SC4=NC3=O)c2C)cc1C. The molecule has 9 heteroatoms. The normalized spacial score (nSPS) is 18.9. The first-order valence-corrected chi connectivity index (χ1v) is 12.6. The number of carbonyl (C=O) groups is 2. The fraction of sp³-hybridized carbons (Fsp3) is 0.346. The minimum absolute atomic E-state index is 0.0212. The Morgan fingerprint density at radius 3 is 2.57 bits per heavy atom. The summed E-state index contributed by atoms with van der Waals surface area (Å²) < 4.78 is 2.15. The summed E-state index contributed by atoms with van der Waals surface area (Å²) in [7, 11) is 0. The highest BCUT2D eigenvalue weighted by atomic mass is 32.2. The predicted octanol–water partition coefficient (Wildman–Crippen LogP) is 4.34. The van der Waals surface area contributed by atoms with Gasteiger partial charge < -0.3 is 9.47 Å². The van der Waals surface area contributed by atoms with E-state index in [2.05, 4.69) is 46.7 Å². The minimum Gasteiger partial charge on any atom is -0.342 e. The molecule has 0 saturated carbocycles. The summed E-state index contributed by atoms with van der Waals surface area (Å²) >= 11 is 1.19. The smallest absolute Gasteiger partial charge is 0.283 e. The number of nitrogens with zero attached hydrogens (tertiary/aromatic N) is 5. The number of thioether (sulfide) groups is 1. The standard InChI is InChI=1S/C26H28N6O2S/c1-15-7-8-20(11-16(15)2)31-17(3)12-19(18(31)4)13-21-24(27)32-26(28-25(21)34)35-22(29-32)14-23(33)30-9-5-6-10-30/h7-8,11-13,27H,5-6,9-10,14H2,1-4H3. The van der Waals surface area contributed by atoms with Crippen LogP contribution in [0.5, 0.6) is 0 Å². The second-order valence-corrected chi connectivity index (χ2v) is 10.2. The maximum absolute atomic E-state index is 12.9. The molecule has 2 amide bonds. The molecule has 0 aliphatic carbocycles. The van der Waals surface area contributed by atoms with E-state index < -0.39 is 5.91 Å².